The highest BCUT2D eigenvalue weighted by atomic mass is 19.4. The number of hydrogen-bond acceptors (Lipinski definition) is 1. The lowest BCUT2D eigenvalue weighted by atomic mass is 9.91. The molecule has 0 radical (unpaired) electrons. The summed E-state index contributed by atoms with van der Waals surface area (Å²) in [6.07, 6.45) is -2.44. The Kier molecular flexibility index (Phi) is 6.77. The summed E-state index contributed by atoms with van der Waals surface area (Å²) in [6.45, 7) is 11.5. The van der Waals surface area contributed by atoms with Crippen molar-refractivity contribution in [3.8, 4) is 11.8 Å². The molecule has 1 aromatic carbocycles. The number of benzene rings is 1. The molecule has 134 valence electrons. The third kappa shape index (κ3) is 4.47. The van der Waals surface area contributed by atoms with Gasteiger partial charge in [-0.15, -0.1) is 0 Å². The predicted octanol–water partition coefficient (Wildman–Crippen LogP) is 5.81. The summed E-state index contributed by atoms with van der Waals surface area (Å²) >= 11 is 0. The first-order valence-electron chi connectivity index (χ1n) is 8.62. The molecule has 0 fully saturated rings. The second-order valence-electron chi connectivity index (χ2n) is 6.57. The lowest BCUT2D eigenvalue weighted by Gasteiger charge is -2.35. The van der Waals surface area contributed by atoms with Crippen molar-refractivity contribution in [3.63, 3.8) is 0 Å². The Bertz CT molecular complexity index is 604. The molecule has 0 N–H and O–H groups in total. The van der Waals surface area contributed by atoms with Gasteiger partial charge in [-0.3, -0.25) is 0 Å². The van der Waals surface area contributed by atoms with Crippen LogP contribution in [0.4, 0.5) is 18.9 Å². The Labute approximate surface area is 144 Å². The Balaban J connectivity index is 0.00000139. The number of alkyl halides is 3. The highest BCUT2D eigenvalue weighted by molar-refractivity contribution is 5.62. The van der Waals surface area contributed by atoms with E-state index in [0.717, 1.165) is 50.0 Å². The number of hydrogen-bond donors (Lipinski definition) is 0. The molecule has 24 heavy (non-hydrogen) atoms. The maximum atomic E-state index is 12.9. The summed E-state index contributed by atoms with van der Waals surface area (Å²) in [5.41, 5.74) is 0.910. The minimum absolute atomic E-state index is 0.369. The number of anilines is 1. The quantitative estimate of drug-likeness (QED) is 0.583. The van der Waals surface area contributed by atoms with Crippen LogP contribution in [0.3, 0.4) is 0 Å². The second kappa shape index (κ2) is 7.96. The normalized spacial score (nSPS) is 14.3. The standard InChI is InChI=1S/C18H22F3N.C2H6/c1-13(2)22-12-6-8-15-14(7-5-9-16(15)22)10-11-17(3,4)18(19,20)21;1-2/h5,7,9,13H,6,8,12H2,1-4H3;1-2H3. The molecule has 1 heterocycles. The van der Waals surface area contributed by atoms with Crippen molar-refractivity contribution in [3.05, 3.63) is 29.3 Å². The monoisotopic (exact) mass is 339 g/mol. The topological polar surface area (TPSA) is 3.24 Å². The highest BCUT2D eigenvalue weighted by Crippen LogP contribution is 2.37. The van der Waals surface area contributed by atoms with Gasteiger partial charge < -0.3 is 4.90 Å². The van der Waals surface area contributed by atoms with E-state index >= 15 is 0 Å². The third-order valence-corrected chi connectivity index (χ3v) is 4.13. The van der Waals surface area contributed by atoms with E-state index in [2.05, 4.69) is 30.6 Å². The second-order valence-corrected chi connectivity index (χ2v) is 6.57. The summed E-state index contributed by atoms with van der Waals surface area (Å²) in [6, 6.07) is 6.11. The Hall–Kier alpha value is -1.63. The summed E-state index contributed by atoms with van der Waals surface area (Å²) in [5, 5.41) is 0. The zero-order valence-corrected chi connectivity index (χ0v) is 15.5. The van der Waals surface area contributed by atoms with Crippen LogP contribution in [-0.2, 0) is 6.42 Å². The van der Waals surface area contributed by atoms with Crippen LogP contribution in [0.2, 0.25) is 0 Å². The van der Waals surface area contributed by atoms with E-state index in [-0.39, 0.29) is 0 Å². The fourth-order valence-electron chi connectivity index (χ4n) is 2.60. The molecule has 1 aromatic rings. The first-order valence-corrected chi connectivity index (χ1v) is 8.62. The van der Waals surface area contributed by atoms with Crippen molar-refractivity contribution in [2.75, 3.05) is 11.4 Å². The van der Waals surface area contributed by atoms with Crippen molar-refractivity contribution >= 4 is 5.69 Å². The van der Waals surface area contributed by atoms with Crippen LogP contribution in [0.1, 0.15) is 59.1 Å². The van der Waals surface area contributed by atoms with E-state index in [1.807, 2.05) is 32.0 Å². The smallest absolute Gasteiger partial charge is 0.369 e. The largest absolute Gasteiger partial charge is 0.404 e. The Morgan fingerprint density at radius 2 is 1.75 bits per heavy atom. The molecule has 1 aliphatic rings. The van der Waals surface area contributed by atoms with Gasteiger partial charge in [0.15, 0.2) is 0 Å². The van der Waals surface area contributed by atoms with E-state index in [9.17, 15) is 13.2 Å². The van der Waals surface area contributed by atoms with Gasteiger partial charge in [-0.25, -0.2) is 0 Å². The molecule has 0 bridgehead atoms. The number of fused-ring (bicyclic) bond motifs is 1. The summed E-state index contributed by atoms with van der Waals surface area (Å²) in [7, 11) is 0. The van der Waals surface area contributed by atoms with Crippen LogP contribution in [0.15, 0.2) is 18.2 Å². The molecule has 0 saturated heterocycles. The van der Waals surface area contributed by atoms with Gasteiger partial charge in [0.1, 0.15) is 5.41 Å². The van der Waals surface area contributed by atoms with Crippen LogP contribution < -0.4 is 4.90 Å². The zero-order valence-electron chi connectivity index (χ0n) is 15.5. The van der Waals surface area contributed by atoms with Gasteiger partial charge in [0.05, 0.1) is 0 Å². The fourth-order valence-corrected chi connectivity index (χ4v) is 2.60. The SMILES string of the molecule is CC.CC(C)N1CCCc2c(C#CC(C)(C)C(F)(F)F)cccc21. The van der Waals surface area contributed by atoms with Crippen LogP contribution in [0.25, 0.3) is 0 Å². The lowest BCUT2D eigenvalue weighted by Crippen LogP contribution is -2.35. The number of rotatable bonds is 1. The van der Waals surface area contributed by atoms with Crippen LogP contribution in [0, 0.1) is 17.3 Å². The van der Waals surface area contributed by atoms with Gasteiger partial charge in [-0.05, 0) is 58.2 Å². The van der Waals surface area contributed by atoms with E-state index in [1.54, 1.807) is 0 Å². The third-order valence-electron chi connectivity index (χ3n) is 4.13. The van der Waals surface area contributed by atoms with E-state index in [0.29, 0.717) is 6.04 Å². The maximum Gasteiger partial charge on any atom is 0.404 e. The maximum absolute atomic E-state index is 12.9. The molecule has 0 atom stereocenters. The Morgan fingerprint density at radius 1 is 1.12 bits per heavy atom. The van der Waals surface area contributed by atoms with Gasteiger partial charge >= 0.3 is 6.18 Å². The van der Waals surface area contributed by atoms with Crippen LogP contribution >= 0.6 is 0 Å². The van der Waals surface area contributed by atoms with E-state index in [4.69, 9.17) is 0 Å². The summed E-state index contributed by atoms with van der Waals surface area (Å²) in [4.78, 5) is 2.29. The average Bonchev–Trinajstić information content (AvgIpc) is 2.53. The van der Waals surface area contributed by atoms with Crippen molar-refractivity contribution in [1.82, 2.24) is 0 Å². The minimum Gasteiger partial charge on any atom is -0.369 e. The van der Waals surface area contributed by atoms with Crippen LogP contribution in [-0.4, -0.2) is 18.8 Å². The first-order chi connectivity index (χ1) is 11.1. The van der Waals surface area contributed by atoms with Gasteiger partial charge in [0, 0.05) is 23.8 Å². The highest BCUT2D eigenvalue weighted by Gasteiger charge is 2.46. The lowest BCUT2D eigenvalue weighted by molar-refractivity contribution is -0.190. The number of halogens is 3. The fraction of sp³-hybridized carbons (Fsp3) is 0.600. The van der Waals surface area contributed by atoms with E-state index in [1.165, 1.54) is 0 Å². The summed E-state index contributed by atoms with van der Waals surface area (Å²) < 4.78 is 38.8. The summed E-state index contributed by atoms with van der Waals surface area (Å²) in [5.74, 6) is 5.20. The van der Waals surface area contributed by atoms with E-state index < -0.39 is 11.6 Å². The van der Waals surface area contributed by atoms with Gasteiger partial charge in [-0.1, -0.05) is 31.8 Å². The van der Waals surface area contributed by atoms with Crippen molar-refractivity contribution in [2.24, 2.45) is 5.41 Å². The van der Waals surface area contributed by atoms with Crippen molar-refractivity contribution < 1.29 is 13.2 Å². The molecule has 1 nitrogen and oxygen atoms in total. The van der Waals surface area contributed by atoms with Crippen molar-refractivity contribution in [1.29, 1.82) is 0 Å². The molecule has 0 spiro atoms. The average molecular weight is 339 g/mol. The zero-order chi connectivity index (χ0) is 18.5. The van der Waals surface area contributed by atoms with Crippen molar-refractivity contribution in [2.45, 2.75) is 66.6 Å². The molecule has 1 aliphatic heterocycles. The number of nitrogens with zero attached hydrogens (tertiary/aromatic N) is 1. The molecular weight excluding hydrogens is 311 g/mol. The molecule has 0 aliphatic carbocycles. The molecule has 0 amide bonds. The Morgan fingerprint density at radius 3 is 2.29 bits per heavy atom. The molecule has 0 saturated carbocycles. The molecule has 0 aromatic heterocycles. The predicted molar refractivity (Wildman–Crippen MR) is 95.3 cm³/mol. The molecule has 4 heteroatoms. The van der Waals surface area contributed by atoms with Gasteiger partial charge in [0.25, 0.3) is 0 Å². The minimum atomic E-state index is -4.32. The molecular formula is C20H28F3N. The van der Waals surface area contributed by atoms with Crippen LogP contribution in [0.5, 0.6) is 0 Å². The molecule has 0 unspecified atom stereocenters. The molecule has 2 rings (SSSR count). The van der Waals surface area contributed by atoms with Gasteiger partial charge in [0.2, 0.25) is 0 Å². The first kappa shape index (κ1) is 20.4. The van der Waals surface area contributed by atoms with Gasteiger partial charge in [-0.2, -0.15) is 13.2 Å².